The highest BCUT2D eigenvalue weighted by molar-refractivity contribution is 5.22. The molecule has 0 aliphatic rings. The molecule has 0 bridgehead atoms. The van der Waals surface area contributed by atoms with Gasteiger partial charge < -0.3 is 9.73 Å². The number of hydrogen-bond acceptors (Lipinski definition) is 4. The van der Waals surface area contributed by atoms with Crippen LogP contribution in [0.15, 0.2) is 29.2 Å². The molecule has 2 heterocycles. The fraction of sp³-hybridized carbons (Fsp3) is 0.538. The van der Waals surface area contributed by atoms with E-state index in [1.165, 1.54) is 0 Å². The Morgan fingerprint density at radius 2 is 2.28 bits per heavy atom. The van der Waals surface area contributed by atoms with Crippen molar-refractivity contribution in [3.05, 3.63) is 36.0 Å². The Balaban J connectivity index is 2.24. The molecule has 18 heavy (non-hydrogen) atoms. The molecule has 0 amide bonds. The van der Waals surface area contributed by atoms with Gasteiger partial charge in [0.15, 0.2) is 0 Å². The van der Waals surface area contributed by atoms with E-state index in [4.69, 9.17) is 4.42 Å². The van der Waals surface area contributed by atoms with E-state index in [2.05, 4.69) is 29.5 Å². The van der Waals surface area contributed by atoms with E-state index in [1.54, 1.807) is 12.5 Å². The lowest BCUT2D eigenvalue weighted by atomic mass is 10.1. The van der Waals surface area contributed by atoms with Crippen LogP contribution in [0.4, 0.5) is 0 Å². The van der Waals surface area contributed by atoms with Crippen LogP contribution in [-0.4, -0.2) is 21.5 Å². The molecular formula is C13H20N4O. The summed E-state index contributed by atoms with van der Waals surface area (Å²) >= 11 is 0. The predicted octanol–water partition coefficient (Wildman–Crippen LogP) is 2.37. The fourth-order valence-electron chi connectivity index (χ4n) is 2.00. The van der Waals surface area contributed by atoms with Gasteiger partial charge in [-0.1, -0.05) is 19.1 Å². The molecule has 98 valence electrons. The Hall–Kier alpha value is -1.62. The Labute approximate surface area is 107 Å². The molecule has 0 fully saturated rings. The maximum absolute atomic E-state index is 5.18. The van der Waals surface area contributed by atoms with Crippen molar-refractivity contribution in [2.24, 2.45) is 0 Å². The third-order valence-corrected chi connectivity index (χ3v) is 2.85. The number of rotatable bonds is 7. The molecule has 2 rings (SSSR count). The van der Waals surface area contributed by atoms with Crippen molar-refractivity contribution in [3.8, 4) is 0 Å². The largest absolute Gasteiger partial charge is 0.472 e. The van der Waals surface area contributed by atoms with Crippen LogP contribution >= 0.6 is 0 Å². The van der Waals surface area contributed by atoms with E-state index >= 15 is 0 Å². The van der Waals surface area contributed by atoms with Crippen molar-refractivity contribution in [2.45, 2.75) is 39.3 Å². The van der Waals surface area contributed by atoms with E-state index in [0.29, 0.717) is 0 Å². The molecule has 0 spiro atoms. The van der Waals surface area contributed by atoms with Crippen molar-refractivity contribution < 1.29 is 4.42 Å². The van der Waals surface area contributed by atoms with Crippen LogP contribution in [0.3, 0.4) is 0 Å². The molecule has 0 radical (unpaired) electrons. The summed E-state index contributed by atoms with van der Waals surface area (Å²) in [7, 11) is 0. The highest BCUT2D eigenvalue weighted by atomic mass is 16.3. The van der Waals surface area contributed by atoms with Crippen molar-refractivity contribution >= 4 is 0 Å². The minimum absolute atomic E-state index is 0.102. The van der Waals surface area contributed by atoms with Crippen LogP contribution in [0.1, 0.15) is 44.0 Å². The average molecular weight is 248 g/mol. The minimum atomic E-state index is 0.102. The first-order valence-electron chi connectivity index (χ1n) is 6.50. The quantitative estimate of drug-likeness (QED) is 0.817. The maximum Gasteiger partial charge on any atom is 0.0954 e. The predicted molar refractivity (Wildman–Crippen MR) is 69.2 cm³/mol. The summed E-state index contributed by atoms with van der Waals surface area (Å²) in [6.45, 7) is 6.13. The second-order valence-electron chi connectivity index (χ2n) is 4.33. The van der Waals surface area contributed by atoms with Gasteiger partial charge in [-0.05, 0) is 25.5 Å². The van der Waals surface area contributed by atoms with Gasteiger partial charge in [0.25, 0.3) is 0 Å². The summed E-state index contributed by atoms with van der Waals surface area (Å²) in [5.41, 5.74) is 2.20. The van der Waals surface area contributed by atoms with Crippen LogP contribution < -0.4 is 5.32 Å². The molecule has 5 heteroatoms. The van der Waals surface area contributed by atoms with Gasteiger partial charge in [-0.3, -0.25) is 0 Å². The summed E-state index contributed by atoms with van der Waals surface area (Å²) in [6.07, 6.45) is 7.43. The summed E-state index contributed by atoms with van der Waals surface area (Å²) in [4.78, 5) is 0. The monoisotopic (exact) mass is 248 g/mol. The van der Waals surface area contributed by atoms with Gasteiger partial charge in [-0.2, -0.15) is 0 Å². The molecule has 0 aliphatic carbocycles. The Morgan fingerprint density at radius 1 is 1.39 bits per heavy atom. The van der Waals surface area contributed by atoms with Gasteiger partial charge in [-0.15, -0.1) is 5.10 Å². The zero-order valence-electron chi connectivity index (χ0n) is 11.0. The molecule has 5 nitrogen and oxygen atoms in total. The second kappa shape index (κ2) is 6.35. The number of aromatic nitrogens is 3. The third-order valence-electron chi connectivity index (χ3n) is 2.85. The molecule has 1 unspecified atom stereocenters. The summed E-state index contributed by atoms with van der Waals surface area (Å²) in [6, 6.07) is 2.08. The van der Waals surface area contributed by atoms with E-state index in [9.17, 15) is 0 Å². The first-order valence-corrected chi connectivity index (χ1v) is 6.50. The van der Waals surface area contributed by atoms with Crippen LogP contribution in [0, 0.1) is 0 Å². The van der Waals surface area contributed by atoms with Crippen LogP contribution in [0.5, 0.6) is 0 Å². The first-order chi connectivity index (χ1) is 8.86. The molecule has 1 atom stereocenters. The van der Waals surface area contributed by atoms with E-state index in [1.807, 2.05) is 16.9 Å². The number of nitrogens with zero attached hydrogens (tertiary/aromatic N) is 3. The summed E-state index contributed by atoms with van der Waals surface area (Å²) in [5.74, 6) is 0. The maximum atomic E-state index is 5.18. The van der Waals surface area contributed by atoms with Crippen molar-refractivity contribution in [3.63, 3.8) is 0 Å². The van der Waals surface area contributed by atoms with Crippen molar-refractivity contribution in [2.75, 3.05) is 6.54 Å². The van der Waals surface area contributed by atoms with Gasteiger partial charge in [0.1, 0.15) is 0 Å². The first kappa shape index (κ1) is 12.8. The lowest BCUT2D eigenvalue weighted by Crippen LogP contribution is -2.25. The SMILES string of the molecule is CCCNC(c1ccoc1)c1cnnn1CCC. The molecule has 0 saturated heterocycles. The molecule has 0 saturated carbocycles. The van der Waals surface area contributed by atoms with Crippen molar-refractivity contribution in [1.29, 1.82) is 0 Å². The number of furan rings is 1. The average Bonchev–Trinajstić information content (AvgIpc) is 3.02. The normalized spacial score (nSPS) is 12.8. The van der Waals surface area contributed by atoms with Gasteiger partial charge in [0, 0.05) is 12.1 Å². The lowest BCUT2D eigenvalue weighted by Gasteiger charge is -2.17. The lowest BCUT2D eigenvalue weighted by molar-refractivity contribution is 0.498. The fourth-order valence-corrected chi connectivity index (χ4v) is 2.00. The van der Waals surface area contributed by atoms with E-state index < -0.39 is 0 Å². The number of aryl methyl sites for hydroxylation is 1. The Bertz CT molecular complexity index is 449. The zero-order valence-corrected chi connectivity index (χ0v) is 11.0. The van der Waals surface area contributed by atoms with Gasteiger partial charge >= 0.3 is 0 Å². The highest BCUT2D eigenvalue weighted by Gasteiger charge is 2.19. The van der Waals surface area contributed by atoms with Gasteiger partial charge in [-0.25, -0.2) is 4.68 Å². The van der Waals surface area contributed by atoms with Crippen LogP contribution in [-0.2, 0) is 6.54 Å². The molecule has 1 N–H and O–H groups in total. The van der Waals surface area contributed by atoms with Crippen molar-refractivity contribution in [1.82, 2.24) is 20.3 Å². The molecule has 0 aliphatic heterocycles. The number of nitrogens with one attached hydrogen (secondary N) is 1. The Kier molecular flexibility index (Phi) is 4.52. The van der Waals surface area contributed by atoms with E-state index in [0.717, 1.165) is 37.2 Å². The van der Waals surface area contributed by atoms with Gasteiger partial charge in [0.2, 0.25) is 0 Å². The standard InChI is InChI=1S/C13H20N4O/c1-3-6-14-13(11-5-8-18-10-11)12-9-15-16-17(12)7-4-2/h5,8-10,13-14H,3-4,6-7H2,1-2H3. The zero-order chi connectivity index (χ0) is 12.8. The molecule has 2 aromatic rings. The van der Waals surface area contributed by atoms with Crippen LogP contribution in [0.2, 0.25) is 0 Å². The molecular weight excluding hydrogens is 228 g/mol. The Morgan fingerprint density at radius 3 is 2.94 bits per heavy atom. The third kappa shape index (κ3) is 2.79. The minimum Gasteiger partial charge on any atom is -0.472 e. The molecule has 0 aromatic carbocycles. The summed E-state index contributed by atoms with van der Waals surface area (Å²) < 4.78 is 7.14. The van der Waals surface area contributed by atoms with Gasteiger partial charge in [0.05, 0.1) is 30.5 Å². The van der Waals surface area contributed by atoms with E-state index in [-0.39, 0.29) is 6.04 Å². The van der Waals surface area contributed by atoms with Crippen LogP contribution in [0.25, 0.3) is 0 Å². The molecule has 2 aromatic heterocycles. The highest BCUT2D eigenvalue weighted by Crippen LogP contribution is 2.21. The summed E-state index contributed by atoms with van der Waals surface area (Å²) in [5, 5.41) is 11.7. The topological polar surface area (TPSA) is 55.9 Å². The number of hydrogen-bond donors (Lipinski definition) is 1. The smallest absolute Gasteiger partial charge is 0.0954 e. The second-order valence-corrected chi connectivity index (χ2v) is 4.33.